The maximum absolute atomic E-state index is 13.1. The van der Waals surface area contributed by atoms with Crippen LogP contribution in [0.5, 0.6) is 0 Å². The average Bonchev–Trinajstić information content (AvgIpc) is 3.55. The Morgan fingerprint density at radius 2 is 2.13 bits per heavy atom. The van der Waals surface area contributed by atoms with Gasteiger partial charge in [-0.15, -0.1) is 0 Å². The van der Waals surface area contributed by atoms with Gasteiger partial charge in [-0.2, -0.15) is 0 Å². The number of carbonyl (C=O) groups excluding carboxylic acids is 1. The first kappa shape index (κ1) is 20.3. The lowest BCUT2D eigenvalue weighted by atomic mass is 9.94. The predicted molar refractivity (Wildman–Crippen MR) is 124 cm³/mol. The molecule has 31 heavy (non-hydrogen) atoms. The van der Waals surface area contributed by atoms with Crippen molar-refractivity contribution in [1.29, 1.82) is 0 Å². The van der Waals surface area contributed by atoms with Crippen LogP contribution in [0.4, 0.5) is 0 Å². The van der Waals surface area contributed by atoms with Crippen LogP contribution in [0.25, 0.3) is 10.9 Å². The minimum atomic E-state index is -0.202. The molecule has 2 N–H and O–H groups in total. The Balaban J connectivity index is 1.52. The van der Waals surface area contributed by atoms with Gasteiger partial charge in [-0.1, -0.05) is 32.0 Å². The summed E-state index contributed by atoms with van der Waals surface area (Å²) in [6, 6.07) is 10.7. The van der Waals surface area contributed by atoms with Crippen LogP contribution in [-0.4, -0.2) is 28.0 Å². The number of hydrogen-bond acceptors (Lipinski definition) is 3. The summed E-state index contributed by atoms with van der Waals surface area (Å²) < 4.78 is 2.32. The van der Waals surface area contributed by atoms with Crippen LogP contribution in [-0.2, 0) is 17.8 Å². The van der Waals surface area contributed by atoms with E-state index < -0.39 is 0 Å². The zero-order valence-electron chi connectivity index (χ0n) is 18.5. The molecular weight excluding hydrogens is 384 g/mol. The highest BCUT2D eigenvalue weighted by Gasteiger charge is 2.31. The van der Waals surface area contributed by atoms with Gasteiger partial charge >= 0.3 is 0 Å². The minimum Gasteiger partial charge on any atom is -0.354 e. The van der Waals surface area contributed by atoms with Crippen molar-refractivity contribution in [2.45, 2.75) is 58.2 Å². The van der Waals surface area contributed by atoms with Crippen molar-refractivity contribution >= 4 is 16.8 Å². The summed E-state index contributed by atoms with van der Waals surface area (Å²) >= 11 is 0. The zero-order valence-corrected chi connectivity index (χ0v) is 18.5. The fraction of sp³-hybridized carbons (Fsp3) is 0.462. The number of carbonyl (C=O) groups is 1. The highest BCUT2D eigenvalue weighted by atomic mass is 16.2. The molecule has 3 aromatic rings. The van der Waals surface area contributed by atoms with E-state index in [2.05, 4.69) is 64.5 Å². The van der Waals surface area contributed by atoms with Gasteiger partial charge < -0.3 is 9.88 Å². The van der Waals surface area contributed by atoms with E-state index in [1.54, 1.807) is 0 Å². The summed E-state index contributed by atoms with van der Waals surface area (Å²) in [5.74, 6) is 1.37. The van der Waals surface area contributed by atoms with E-state index in [9.17, 15) is 4.79 Å². The monoisotopic (exact) mass is 416 g/mol. The first-order valence-electron chi connectivity index (χ1n) is 11.6. The molecule has 0 radical (unpaired) electrons. The summed E-state index contributed by atoms with van der Waals surface area (Å²) in [4.78, 5) is 17.4. The van der Waals surface area contributed by atoms with Crippen molar-refractivity contribution in [3.05, 3.63) is 65.6 Å². The summed E-state index contributed by atoms with van der Waals surface area (Å²) in [6.45, 7) is 6.11. The molecule has 5 heteroatoms. The lowest BCUT2D eigenvalue weighted by molar-refractivity contribution is -0.123. The van der Waals surface area contributed by atoms with Crippen LogP contribution in [0.1, 0.15) is 55.8 Å². The summed E-state index contributed by atoms with van der Waals surface area (Å²) in [5, 5.41) is 8.25. The van der Waals surface area contributed by atoms with Gasteiger partial charge in [0.15, 0.2) is 0 Å². The fourth-order valence-corrected chi connectivity index (χ4v) is 4.87. The second-order valence-electron chi connectivity index (χ2n) is 9.68. The summed E-state index contributed by atoms with van der Waals surface area (Å²) in [7, 11) is 0. The molecule has 1 aliphatic heterocycles. The van der Waals surface area contributed by atoms with Crippen molar-refractivity contribution in [2.24, 2.45) is 11.8 Å². The SMILES string of the molecule is CC(C)C[C@@H]1N[C@H](C(=O)NCC2CC2)Cc2cn(Cc3cccnc3)c3cccc1c23. The van der Waals surface area contributed by atoms with E-state index in [0.29, 0.717) is 11.8 Å². The number of amides is 1. The van der Waals surface area contributed by atoms with Crippen LogP contribution in [0.3, 0.4) is 0 Å². The lowest BCUT2D eigenvalue weighted by Crippen LogP contribution is -2.46. The molecule has 0 spiro atoms. The minimum absolute atomic E-state index is 0.140. The fourth-order valence-electron chi connectivity index (χ4n) is 4.87. The van der Waals surface area contributed by atoms with E-state index in [0.717, 1.165) is 25.9 Å². The van der Waals surface area contributed by atoms with Crippen LogP contribution in [0.15, 0.2) is 48.9 Å². The number of benzene rings is 1. The Labute approximate surface area is 184 Å². The summed E-state index contributed by atoms with van der Waals surface area (Å²) in [5.41, 5.74) is 5.01. The Morgan fingerprint density at radius 1 is 1.26 bits per heavy atom. The van der Waals surface area contributed by atoms with E-state index in [1.165, 1.54) is 40.4 Å². The lowest BCUT2D eigenvalue weighted by Gasteiger charge is -2.25. The Kier molecular flexibility index (Phi) is 5.53. The molecule has 2 atom stereocenters. The number of rotatable bonds is 7. The highest BCUT2D eigenvalue weighted by Crippen LogP contribution is 2.36. The normalized spacial score (nSPS) is 20.7. The molecule has 3 heterocycles. The molecule has 0 bridgehead atoms. The average molecular weight is 417 g/mol. The third kappa shape index (κ3) is 4.38. The number of aromatic nitrogens is 2. The van der Waals surface area contributed by atoms with Crippen LogP contribution < -0.4 is 10.6 Å². The number of nitrogens with zero attached hydrogens (tertiary/aromatic N) is 2. The summed E-state index contributed by atoms with van der Waals surface area (Å²) in [6.07, 6.45) is 10.2. The van der Waals surface area contributed by atoms with Gasteiger partial charge in [0, 0.05) is 48.6 Å². The van der Waals surface area contributed by atoms with Crippen molar-refractivity contribution in [3.63, 3.8) is 0 Å². The molecule has 1 aliphatic carbocycles. The smallest absolute Gasteiger partial charge is 0.237 e. The van der Waals surface area contributed by atoms with Crippen molar-refractivity contribution < 1.29 is 4.79 Å². The van der Waals surface area contributed by atoms with Crippen molar-refractivity contribution in [1.82, 2.24) is 20.2 Å². The largest absolute Gasteiger partial charge is 0.354 e. The topological polar surface area (TPSA) is 59.0 Å². The molecule has 5 nitrogen and oxygen atoms in total. The van der Waals surface area contributed by atoms with E-state index in [-0.39, 0.29) is 18.0 Å². The maximum atomic E-state index is 13.1. The van der Waals surface area contributed by atoms with Crippen LogP contribution in [0, 0.1) is 11.8 Å². The van der Waals surface area contributed by atoms with Crippen LogP contribution in [0.2, 0.25) is 0 Å². The van der Waals surface area contributed by atoms with Crippen molar-refractivity contribution in [2.75, 3.05) is 6.54 Å². The first-order chi connectivity index (χ1) is 15.1. The van der Waals surface area contributed by atoms with Gasteiger partial charge in [-0.3, -0.25) is 15.1 Å². The Bertz CT molecular complexity index is 1070. The molecule has 0 saturated heterocycles. The Hall–Kier alpha value is -2.66. The molecule has 162 valence electrons. The van der Waals surface area contributed by atoms with Crippen molar-refractivity contribution in [3.8, 4) is 0 Å². The first-order valence-corrected chi connectivity index (χ1v) is 11.6. The number of nitrogens with one attached hydrogen (secondary N) is 2. The highest BCUT2D eigenvalue weighted by molar-refractivity contribution is 5.90. The molecular formula is C26H32N4O. The molecule has 1 aromatic carbocycles. The third-order valence-electron chi connectivity index (χ3n) is 6.58. The molecule has 0 unspecified atom stereocenters. The van der Waals surface area contributed by atoms with Gasteiger partial charge in [-0.25, -0.2) is 0 Å². The molecule has 2 aliphatic rings. The van der Waals surface area contributed by atoms with E-state index >= 15 is 0 Å². The van der Waals surface area contributed by atoms with Gasteiger partial charge in [-0.05, 0) is 66.3 Å². The second kappa shape index (κ2) is 8.46. The van der Waals surface area contributed by atoms with Gasteiger partial charge in [0.05, 0.1) is 6.04 Å². The molecule has 1 saturated carbocycles. The zero-order chi connectivity index (χ0) is 21.4. The maximum Gasteiger partial charge on any atom is 0.237 e. The standard InChI is InChI=1S/C26H32N4O/c1-17(2)11-22-21-6-3-7-24-25(21)20(16-30(24)15-19-5-4-10-27-13-19)12-23(29-22)26(31)28-14-18-8-9-18/h3-7,10,13,16-18,22-23,29H,8-9,11-12,14-15H2,1-2H3,(H,28,31)/t22-,23-/m0/s1. The predicted octanol–water partition coefficient (Wildman–Crippen LogP) is 4.21. The van der Waals surface area contributed by atoms with E-state index in [1.807, 2.05) is 18.5 Å². The molecule has 5 rings (SSSR count). The molecule has 2 aromatic heterocycles. The quantitative estimate of drug-likeness (QED) is 0.607. The van der Waals surface area contributed by atoms with Gasteiger partial charge in [0.25, 0.3) is 0 Å². The van der Waals surface area contributed by atoms with Gasteiger partial charge in [0.1, 0.15) is 0 Å². The Morgan fingerprint density at radius 3 is 2.87 bits per heavy atom. The second-order valence-corrected chi connectivity index (χ2v) is 9.68. The number of hydrogen-bond donors (Lipinski definition) is 2. The number of pyridine rings is 1. The molecule has 1 amide bonds. The van der Waals surface area contributed by atoms with Gasteiger partial charge in [0.2, 0.25) is 5.91 Å². The molecule has 1 fully saturated rings. The third-order valence-corrected chi connectivity index (χ3v) is 6.58. The van der Waals surface area contributed by atoms with E-state index in [4.69, 9.17) is 0 Å². The van der Waals surface area contributed by atoms with Crippen LogP contribution >= 0.6 is 0 Å².